The molecule has 0 amide bonds. The fraction of sp³-hybridized carbons (Fsp3) is 0.667. The second-order valence-electron chi connectivity index (χ2n) is 25.7. The van der Waals surface area contributed by atoms with Crippen LogP contribution in [0.4, 0.5) is 0 Å². The predicted molar refractivity (Wildman–Crippen MR) is 377 cm³/mol. The van der Waals surface area contributed by atoms with Gasteiger partial charge in [-0.2, -0.15) is 0 Å². The molecule has 1 aliphatic carbocycles. The highest BCUT2D eigenvalue weighted by atomic mass is 31.2. The van der Waals surface area contributed by atoms with Crippen molar-refractivity contribution in [2.75, 3.05) is 0 Å². The van der Waals surface area contributed by atoms with Crippen molar-refractivity contribution in [1.29, 1.82) is 0 Å². The lowest BCUT2D eigenvalue weighted by atomic mass is 9.96. The smallest absolute Gasteiger partial charge is 0.0867 e. The highest BCUT2D eigenvalue weighted by Crippen LogP contribution is 2.58. The van der Waals surface area contributed by atoms with Crippen LogP contribution in [0, 0.1) is 0 Å². The Labute approximate surface area is 498 Å². The zero-order valence-electron chi connectivity index (χ0n) is 53.9. The summed E-state index contributed by atoms with van der Waals surface area (Å²) < 4.78 is 3.37. The largest absolute Gasteiger partial charge is 0.242 e. The molecule has 0 N–H and O–H groups in total. The van der Waals surface area contributed by atoms with Crippen LogP contribution in [0.25, 0.3) is 0 Å². The van der Waals surface area contributed by atoms with Gasteiger partial charge in [0.25, 0.3) is 0 Å². The number of unbranched alkanes of at least 4 members (excludes halogenated alkanes) is 6. The van der Waals surface area contributed by atoms with E-state index in [9.17, 15) is 0 Å². The SMILES string of the molecule is CCCC[Si](CCCC)(CCCC)c1cccc(P(c2cccc([Si](CCCC)(CCCC)CCCC)c2)N(C2CCCCC2)P(c2ccc([Si](CCC)(CCC)CCC)cc2)c2ccc([Si](CCC)(CCC)CCC)cc2)c1. The van der Waals surface area contributed by atoms with Gasteiger partial charge in [0.2, 0.25) is 0 Å². The van der Waals surface area contributed by atoms with Crippen molar-refractivity contribution >= 4 is 90.4 Å². The first-order valence-corrected chi connectivity index (χ1v) is 47.5. The van der Waals surface area contributed by atoms with E-state index in [1.165, 1.54) is 220 Å². The third kappa shape index (κ3) is 18.3. The molecule has 4 aromatic rings. The standard InChI is InChI=1S/C72H123NP2Si4/c1-13-25-56-78(57-26-14-2,58-27-15-3)71-40-34-38-67(62-71)75(68-39-35-41-72(63-68)79(59-28-16-4,60-29-17-5)61-30-18-6)73(64-36-32-31-33-37-64)74(65-42-46-69(47-43-65)76(50-19-7,51-20-8)52-21-9)66-44-48-70(49-45-66)77(53-22-10,54-23-11)55-24-12/h34-35,38-49,62-64H,13-33,36-37,50-61H2,1-12H3. The molecular formula is C72H123NP2Si4. The van der Waals surface area contributed by atoms with Gasteiger partial charge in [-0.3, -0.25) is 0 Å². The van der Waals surface area contributed by atoms with Crippen LogP contribution in [0.3, 0.4) is 0 Å². The molecule has 0 aliphatic heterocycles. The molecule has 1 nitrogen and oxygen atoms in total. The van der Waals surface area contributed by atoms with Gasteiger partial charge in [0.1, 0.15) is 0 Å². The molecule has 442 valence electrons. The summed E-state index contributed by atoms with van der Waals surface area (Å²) in [6.45, 7) is 29.5. The summed E-state index contributed by atoms with van der Waals surface area (Å²) in [6, 6.07) is 61.6. The Morgan fingerprint density at radius 2 is 0.582 bits per heavy atom. The number of hydrogen-bond acceptors (Lipinski definition) is 1. The highest BCUT2D eigenvalue weighted by Gasteiger charge is 2.42. The maximum Gasteiger partial charge on any atom is 0.0867 e. The summed E-state index contributed by atoms with van der Waals surface area (Å²) >= 11 is 0. The Balaban J connectivity index is 1.96. The van der Waals surface area contributed by atoms with Crippen molar-refractivity contribution in [2.45, 2.75) is 309 Å². The third-order valence-corrected chi connectivity index (χ3v) is 48.0. The lowest BCUT2D eigenvalue weighted by molar-refractivity contribution is 0.355. The number of rotatable bonds is 41. The van der Waals surface area contributed by atoms with E-state index >= 15 is 0 Å². The molecule has 0 saturated heterocycles. The van der Waals surface area contributed by atoms with E-state index in [1.807, 2.05) is 0 Å². The van der Waals surface area contributed by atoms with Gasteiger partial charge in [-0.15, -0.1) is 0 Å². The molecule has 5 rings (SSSR count). The molecule has 0 unspecified atom stereocenters. The van der Waals surface area contributed by atoms with Crippen LogP contribution in [0.15, 0.2) is 97.1 Å². The summed E-state index contributed by atoms with van der Waals surface area (Å²) in [5.74, 6) is 0. The Bertz CT molecular complexity index is 2020. The molecular weight excluding hydrogens is 1050 g/mol. The second-order valence-corrected chi connectivity index (χ2v) is 48.7. The minimum absolute atomic E-state index is 0.546. The monoisotopic (exact) mass is 1180 g/mol. The molecule has 0 bridgehead atoms. The minimum Gasteiger partial charge on any atom is -0.242 e. The zero-order chi connectivity index (χ0) is 57.0. The van der Waals surface area contributed by atoms with Crippen LogP contribution < -0.4 is 42.0 Å². The zero-order valence-corrected chi connectivity index (χ0v) is 59.7. The first kappa shape index (κ1) is 68.3. The summed E-state index contributed by atoms with van der Waals surface area (Å²) in [4.78, 5) is 0. The van der Waals surface area contributed by atoms with Gasteiger partial charge in [0.15, 0.2) is 0 Å². The first-order chi connectivity index (χ1) is 38.6. The molecule has 7 heteroatoms. The average molecular weight is 1180 g/mol. The summed E-state index contributed by atoms with van der Waals surface area (Å²) in [6.07, 6.45) is 30.7. The van der Waals surface area contributed by atoms with Crippen molar-refractivity contribution in [1.82, 2.24) is 4.44 Å². The van der Waals surface area contributed by atoms with Crippen LogP contribution in [0.5, 0.6) is 0 Å². The first-order valence-electron chi connectivity index (χ1n) is 34.4. The maximum atomic E-state index is 3.37. The molecule has 79 heavy (non-hydrogen) atoms. The summed E-state index contributed by atoms with van der Waals surface area (Å²) in [5.41, 5.74) is 0. The van der Waals surface area contributed by atoms with Crippen LogP contribution in [0.2, 0.25) is 72.5 Å². The van der Waals surface area contributed by atoms with E-state index in [0.717, 1.165) is 0 Å². The molecule has 0 radical (unpaired) electrons. The van der Waals surface area contributed by atoms with Gasteiger partial charge in [-0.05, 0) is 34.1 Å². The average Bonchev–Trinajstić information content (AvgIpc) is 3.52. The van der Waals surface area contributed by atoms with Gasteiger partial charge in [0.05, 0.1) is 32.3 Å². The van der Waals surface area contributed by atoms with Gasteiger partial charge >= 0.3 is 0 Å². The van der Waals surface area contributed by atoms with E-state index in [-0.39, 0.29) is 0 Å². The van der Waals surface area contributed by atoms with E-state index in [2.05, 4.69) is 185 Å². The number of nitrogens with zero attached hydrogens (tertiary/aromatic N) is 1. The molecule has 0 heterocycles. The predicted octanol–water partition coefficient (Wildman–Crippen LogP) is 20.6. The molecule has 0 spiro atoms. The number of benzene rings is 4. The fourth-order valence-corrected chi connectivity index (χ4v) is 44.2. The quantitative estimate of drug-likeness (QED) is 0.0316. The van der Waals surface area contributed by atoms with E-state index < -0.39 is 48.4 Å². The van der Waals surface area contributed by atoms with Crippen molar-refractivity contribution < 1.29 is 0 Å². The van der Waals surface area contributed by atoms with Crippen molar-refractivity contribution in [3.05, 3.63) is 97.1 Å². The Kier molecular flexibility index (Phi) is 31.5. The lowest BCUT2D eigenvalue weighted by Gasteiger charge is -2.46. The summed E-state index contributed by atoms with van der Waals surface area (Å²) in [7, 11) is -8.69. The molecule has 4 aromatic carbocycles. The normalized spacial score (nSPS) is 14.1. The third-order valence-electron chi connectivity index (χ3n) is 19.6. The molecule has 1 saturated carbocycles. The molecule has 1 aliphatic rings. The van der Waals surface area contributed by atoms with Crippen molar-refractivity contribution in [3.8, 4) is 0 Å². The molecule has 0 aromatic heterocycles. The van der Waals surface area contributed by atoms with Crippen LogP contribution in [-0.4, -0.2) is 42.8 Å². The van der Waals surface area contributed by atoms with Crippen LogP contribution in [0.1, 0.15) is 231 Å². The van der Waals surface area contributed by atoms with Gasteiger partial charge in [-0.25, -0.2) is 4.44 Å². The van der Waals surface area contributed by atoms with Crippen molar-refractivity contribution in [2.24, 2.45) is 0 Å². The Morgan fingerprint density at radius 1 is 0.304 bits per heavy atom. The Morgan fingerprint density at radius 3 is 0.861 bits per heavy atom. The van der Waals surface area contributed by atoms with Crippen LogP contribution in [-0.2, 0) is 0 Å². The minimum atomic E-state index is -1.81. The fourth-order valence-electron chi connectivity index (χ4n) is 15.5. The molecule has 1 fully saturated rings. The van der Waals surface area contributed by atoms with Crippen molar-refractivity contribution in [3.63, 3.8) is 0 Å². The van der Waals surface area contributed by atoms with Crippen LogP contribution >= 0.6 is 16.1 Å². The topological polar surface area (TPSA) is 3.24 Å². The highest BCUT2D eigenvalue weighted by molar-refractivity contribution is 7.84. The Hall–Kier alpha value is -1.43. The summed E-state index contributed by atoms with van der Waals surface area (Å²) in [5, 5.41) is 13.6. The lowest BCUT2D eigenvalue weighted by Crippen LogP contribution is -2.50. The van der Waals surface area contributed by atoms with E-state index in [0.29, 0.717) is 6.04 Å². The van der Waals surface area contributed by atoms with E-state index in [4.69, 9.17) is 0 Å². The second kappa shape index (κ2) is 36.4. The number of hydrogen-bond donors (Lipinski definition) is 0. The van der Waals surface area contributed by atoms with Gasteiger partial charge in [-0.1, -0.05) is 408 Å². The van der Waals surface area contributed by atoms with Gasteiger partial charge in [0, 0.05) is 22.2 Å². The van der Waals surface area contributed by atoms with E-state index in [1.54, 1.807) is 42.0 Å². The molecule has 0 atom stereocenters. The maximum absolute atomic E-state index is 3.37. The van der Waals surface area contributed by atoms with Gasteiger partial charge < -0.3 is 0 Å².